The highest BCUT2D eigenvalue weighted by molar-refractivity contribution is 5.21. The van der Waals surface area contributed by atoms with E-state index in [0.29, 0.717) is 0 Å². The molecule has 0 radical (unpaired) electrons. The first-order valence-corrected chi connectivity index (χ1v) is 5.88. The summed E-state index contributed by atoms with van der Waals surface area (Å²) < 4.78 is 13.6. The second-order valence-electron chi connectivity index (χ2n) is 3.89. The first-order chi connectivity index (χ1) is 7.79. The molecule has 0 spiro atoms. The van der Waals surface area contributed by atoms with Crippen molar-refractivity contribution in [3.63, 3.8) is 0 Å². The molecule has 1 aromatic carbocycles. The molecule has 16 heavy (non-hydrogen) atoms. The largest absolute Gasteiger partial charge is 0.310 e. The van der Waals surface area contributed by atoms with E-state index in [1.165, 1.54) is 6.07 Å². The van der Waals surface area contributed by atoms with E-state index in [4.69, 9.17) is 0 Å². The number of hydrogen-bond donors (Lipinski definition) is 1. The first-order valence-electron chi connectivity index (χ1n) is 5.88. The van der Waals surface area contributed by atoms with Crippen molar-refractivity contribution in [1.29, 1.82) is 0 Å². The van der Waals surface area contributed by atoms with Crippen molar-refractivity contribution < 1.29 is 4.39 Å². The third kappa shape index (κ3) is 3.78. The van der Waals surface area contributed by atoms with E-state index in [-0.39, 0.29) is 11.9 Å². The maximum absolute atomic E-state index is 13.6. The fourth-order valence-electron chi connectivity index (χ4n) is 1.73. The van der Waals surface area contributed by atoms with Crippen molar-refractivity contribution in [3.05, 3.63) is 48.3 Å². The standard InChI is InChI=1S/C14H20FN/c1-3-5-10-14(16-11-4-2)12-8-6-7-9-13(12)15/h3,6-9,14,16H,1,4-5,10-11H2,2H3. The van der Waals surface area contributed by atoms with E-state index in [1.54, 1.807) is 6.07 Å². The van der Waals surface area contributed by atoms with Crippen molar-refractivity contribution in [2.24, 2.45) is 0 Å². The Morgan fingerprint density at radius 1 is 1.44 bits per heavy atom. The number of allylic oxidation sites excluding steroid dienone is 1. The average molecular weight is 221 g/mol. The van der Waals surface area contributed by atoms with Gasteiger partial charge in [-0.3, -0.25) is 0 Å². The molecule has 0 aliphatic carbocycles. The van der Waals surface area contributed by atoms with Gasteiger partial charge in [-0.25, -0.2) is 4.39 Å². The molecule has 0 aromatic heterocycles. The van der Waals surface area contributed by atoms with Gasteiger partial charge in [0.05, 0.1) is 0 Å². The Morgan fingerprint density at radius 2 is 2.19 bits per heavy atom. The van der Waals surface area contributed by atoms with E-state index >= 15 is 0 Å². The van der Waals surface area contributed by atoms with Crippen LogP contribution in [-0.4, -0.2) is 6.54 Å². The van der Waals surface area contributed by atoms with Crippen LogP contribution in [-0.2, 0) is 0 Å². The second kappa shape index (κ2) is 7.18. The zero-order valence-corrected chi connectivity index (χ0v) is 9.88. The van der Waals surface area contributed by atoms with E-state index in [0.717, 1.165) is 31.4 Å². The molecule has 0 amide bonds. The van der Waals surface area contributed by atoms with E-state index in [1.807, 2.05) is 18.2 Å². The Labute approximate surface area is 97.4 Å². The number of halogens is 1. The smallest absolute Gasteiger partial charge is 0.127 e. The Kier molecular flexibility index (Phi) is 5.79. The van der Waals surface area contributed by atoms with Crippen LogP contribution >= 0.6 is 0 Å². The van der Waals surface area contributed by atoms with Gasteiger partial charge in [0.15, 0.2) is 0 Å². The third-order valence-corrected chi connectivity index (χ3v) is 2.58. The van der Waals surface area contributed by atoms with Crippen molar-refractivity contribution in [2.45, 2.75) is 32.2 Å². The van der Waals surface area contributed by atoms with Crippen LogP contribution in [0.4, 0.5) is 4.39 Å². The molecule has 1 nitrogen and oxygen atoms in total. The summed E-state index contributed by atoms with van der Waals surface area (Å²) in [4.78, 5) is 0. The minimum atomic E-state index is -0.125. The van der Waals surface area contributed by atoms with Gasteiger partial charge in [0.1, 0.15) is 5.82 Å². The minimum absolute atomic E-state index is 0.0964. The Bertz CT molecular complexity index is 322. The van der Waals surface area contributed by atoms with Gasteiger partial charge in [0.25, 0.3) is 0 Å². The summed E-state index contributed by atoms with van der Waals surface area (Å²) in [7, 11) is 0. The summed E-state index contributed by atoms with van der Waals surface area (Å²) in [5, 5.41) is 3.37. The molecule has 0 bridgehead atoms. The predicted octanol–water partition coefficient (Wildman–Crippen LogP) is 3.83. The number of benzene rings is 1. The highest BCUT2D eigenvalue weighted by Crippen LogP contribution is 2.21. The molecule has 88 valence electrons. The maximum atomic E-state index is 13.6. The molecular formula is C14H20FN. The first kappa shape index (κ1) is 12.9. The Balaban J connectivity index is 2.74. The summed E-state index contributed by atoms with van der Waals surface area (Å²) >= 11 is 0. The van der Waals surface area contributed by atoms with Gasteiger partial charge in [-0.15, -0.1) is 6.58 Å². The summed E-state index contributed by atoms with van der Waals surface area (Å²) in [6, 6.07) is 7.07. The Hall–Kier alpha value is -1.15. The zero-order chi connectivity index (χ0) is 11.8. The lowest BCUT2D eigenvalue weighted by atomic mass is 10.0. The molecule has 0 heterocycles. The number of hydrogen-bond acceptors (Lipinski definition) is 1. The molecule has 0 aliphatic heterocycles. The molecule has 1 aromatic rings. The van der Waals surface area contributed by atoms with E-state index in [9.17, 15) is 4.39 Å². The number of nitrogens with one attached hydrogen (secondary N) is 1. The fraction of sp³-hybridized carbons (Fsp3) is 0.429. The quantitative estimate of drug-likeness (QED) is 0.690. The molecular weight excluding hydrogens is 201 g/mol. The van der Waals surface area contributed by atoms with Gasteiger partial charge < -0.3 is 5.32 Å². The molecule has 1 unspecified atom stereocenters. The highest BCUT2D eigenvalue weighted by Gasteiger charge is 2.13. The van der Waals surface area contributed by atoms with Crippen LogP contribution in [0.2, 0.25) is 0 Å². The van der Waals surface area contributed by atoms with Crippen LogP contribution in [0, 0.1) is 5.82 Å². The van der Waals surface area contributed by atoms with Gasteiger partial charge in [-0.05, 0) is 31.9 Å². The molecule has 0 saturated heterocycles. The molecule has 0 saturated carbocycles. The predicted molar refractivity (Wildman–Crippen MR) is 66.9 cm³/mol. The topological polar surface area (TPSA) is 12.0 Å². The van der Waals surface area contributed by atoms with Gasteiger partial charge in [0.2, 0.25) is 0 Å². The normalized spacial score (nSPS) is 12.4. The lowest BCUT2D eigenvalue weighted by Gasteiger charge is -2.18. The lowest BCUT2D eigenvalue weighted by molar-refractivity contribution is 0.476. The molecule has 1 rings (SSSR count). The molecule has 1 N–H and O–H groups in total. The van der Waals surface area contributed by atoms with Crippen LogP contribution in [0.5, 0.6) is 0 Å². The molecule has 2 heteroatoms. The van der Waals surface area contributed by atoms with Gasteiger partial charge in [0, 0.05) is 11.6 Å². The van der Waals surface area contributed by atoms with Crippen LogP contribution in [0.25, 0.3) is 0 Å². The summed E-state index contributed by atoms with van der Waals surface area (Å²) in [5.41, 5.74) is 0.762. The van der Waals surface area contributed by atoms with Crippen molar-refractivity contribution >= 4 is 0 Å². The molecule has 0 aliphatic rings. The van der Waals surface area contributed by atoms with Crippen LogP contribution in [0.3, 0.4) is 0 Å². The summed E-state index contributed by atoms with van der Waals surface area (Å²) in [6.45, 7) is 6.73. The van der Waals surface area contributed by atoms with Crippen molar-refractivity contribution in [2.75, 3.05) is 6.54 Å². The zero-order valence-electron chi connectivity index (χ0n) is 9.88. The Morgan fingerprint density at radius 3 is 2.81 bits per heavy atom. The summed E-state index contributed by atoms with van der Waals surface area (Å²) in [5.74, 6) is -0.125. The van der Waals surface area contributed by atoms with Crippen LogP contribution in [0.15, 0.2) is 36.9 Å². The van der Waals surface area contributed by atoms with Gasteiger partial charge in [-0.1, -0.05) is 31.2 Å². The fourth-order valence-corrected chi connectivity index (χ4v) is 1.73. The minimum Gasteiger partial charge on any atom is -0.310 e. The SMILES string of the molecule is C=CCCC(NCCC)c1ccccc1F. The highest BCUT2D eigenvalue weighted by atomic mass is 19.1. The van der Waals surface area contributed by atoms with Gasteiger partial charge >= 0.3 is 0 Å². The van der Waals surface area contributed by atoms with Crippen LogP contribution < -0.4 is 5.32 Å². The lowest BCUT2D eigenvalue weighted by Crippen LogP contribution is -2.22. The maximum Gasteiger partial charge on any atom is 0.127 e. The van der Waals surface area contributed by atoms with Crippen molar-refractivity contribution in [3.8, 4) is 0 Å². The average Bonchev–Trinajstić information content (AvgIpc) is 2.31. The third-order valence-electron chi connectivity index (χ3n) is 2.58. The monoisotopic (exact) mass is 221 g/mol. The van der Waals surface area contributed by atoms with E-state index in [2.05, 4.69) is 18.8 Å². The molecule has 0 fully saturated rings. The number of rotatable bonds is 7. The summed E-state index contributed by atoms with van der Waals surface area (Å²) in [6.07, 6.45) is 4.72. The van der Waals surface area contributed by atoms with E-state index < -0.39 is 0 Å². The molecule has 1 atom stereocenters. The van der Waals surface area contributed by atoms with Gasteiger partial charge in [-0.2, -0.15) is 0 Å². The van der Waals surface area contributed by atoms with Crippen molar-refractivity contribution in [1.82, 2.24) is 5.32 Å². The second-order valence-corrected chi connectivity index (χ2v) is 3.89. The van der Waals surface area contributed by atoms with Crippen LogP contribution in [0.1, 0.15) is 37.8 Å².